The molecule has 1 nitrogen and oxygen atoms in total. The van der Waals surface area contributed by atoms with Crippen molar-refractivity contribution >= 4 is 11.8 Å². The number of hydrogen-bond acceptors (Lipinski definition) is 2. The van der Waals surface area contributed by atoms with Crippen LogP contribution < -0.4 is 0 Å². The molecule has 138 valence electrons. The molecule has 1 aromatic rings. The molecule has 1 aromatic carbocycles. The van der Waals surface area contributed by atoms with Crippen molar-refractivity contribution in [1.82, 2.24) is 0 Å². The molecule has 2 heteroatoms. The lowest BCUT2D eigenvalue weighted by atomic mass is 9.86. The van der Waals surface area contributed by atoms with Crippen LogP contribution in [0.5, 0.6) is 5.75 Å². The Kier molecular flexibility index (Phi) is 8.19. The molecule has 0 spiro atoms. The van der Waals surface area contributed by atoms with Gasteiger partial charge in [-0.15, -0.1) is 11.8 Å². The highest BCUT2D eigenvalue weighted by Gasteiger charge is 2.27. The van der Waals surface area contributed by atoms with Crippen LogP contribution in [0.3, 0.4) is 0 Å². The maximum absolute atomic E-state index is 10.6. The van der Waals surface area contributed by atoms with Crippen molar-refractivity contribution in [1.29, 1.82) is 0 Å². The third-order valence-corrected chi connectivity index (χ3v) is 5.36. The third-order valence-electron chi connectivity index (χ3n) is 4.19. The van der Waals surface area contributed by atoms with Crippen molar-refractivity contribution in [3.63, 3.8) is 0 Å². The van der Waals surface area contributed by atoms with Crippen molar-refractivity contribution in [2.75, 3.05) is 0 Å². The minimum absolute atomic E-state index is 0.194. The van der Waals surface area contributed by atoms with E-state index < -0.39 is 0 Å². The molecule has 0 radical (unpaired) electrons. The van der Waals surface area contributed by atoms with Crippen molar-refractivity contribution in [3.8, 4) is 5.75 Å². The Morgan fingerprint density at radius 2 is 1.33 bits per heavy atom. The lowest BCUT2D eigenvalue weighted by Crippen LogP contribution is -2.23. The lowest BCUT2D eigenvalue weighted by Gasteiger charge is -2.32. The number of hydrogen-bond donors (Lipinski definition) is 1. The second-order valence-electron chi connectivity index (χ2n) is 8.90. The van der Waals surface area contributed by atoms with Crippen LogP contribution in [-0.2, 0) is 12.8 Å². The van der Waals surface area contributed by atoms with E-state index in [1.165, 1.54) is 11.3 Å². The number of phenolic OH excluding ortho intramolecular Hbond substituents is 1. The number of unbranched alkanes of at least 4 members (excludes halogenated alkanes) is 2. The average Bonchev–Trinajstić information content (AvgIpc) is 2.43. The van der Waals surface area contributed by atoms with Gasteiger partial charge in [0.05, 0.1) is 0 Å². The van der Waals surface area contributed by atoms with Crippen LogP contribution in [0.4, 0.5) is 0 Å². The Hall–Kier alpha value is -0.630. The molecule has 0 heterocycles. The molecular formula is C22H38OS. The first-order chi connectivity index (χ1) is 11.1. The Labute approximate surface area is 154 Å². The first-order valence-electron chi connectivity index (χ1n) is 9.61. The Balaban J connectivity index is 3.07. The van der Waals surface area contributed by atoms with Crippen LogP contribution in [-0.4, -0.2) is 9.85 Å². The van der Waals surface area contributed by atoms with E-state index in [1.54, 1.807) is 0 Å². The predicted octanol–water partition coefficient (Wildman–Crippen LogP) is 7.38. The molecule has 24 heavy (non-hydrogen) atoms. The maximum Gasteiger partial charge on any atom is 0.122 e. The summed E-state index contributed by atoms with van der Waals surface area (Å²) in [5.74, 6) is 0.551. The fourth-order valence-electron chi connectivity index (χ4n) is 3.53. The van der Waals surface area contributed by atoms with Gasteiger partial charge in [-0.3, -0.25) is 0 Å². The van der Waals surface area contributed by atoms with Crippen molar-refractivity contribution in [2.45, 2.75) is 103 Å². The number of benzene rings is 1. The molecule has 0 aliphatic carbocycles. The summed E-state index contributed by atoms with van der Waals surface area (Å²) in [6, 6.07) is 4.46. The lowest BCUT2D eigenvalue weighted by molar-refractivity contribution is 0.339. The Morgan fingerprint density at radius 1 is 0.875 bits per heavy atom. The summed E-state index contributed by atoms with van der Waals surface area (Å²) in [6.07, 6.45) is 7.74. The molecule has 0 fully saturated rings. The van der Waals surface area contributed by atoms with E-state index in [1.807, 2.05) is 11.8 Å². The van der Waals surface area contributed by atoms with Gasteiger partial charge in [0, 0.05) is 9.64 Å². The minimum Gasteiger partial charge on any atom is -0.507 e. The monoisotopic (exact) mass is 350 g/mol. The van der Waals surface area contributed by atoms with Gasteiger partial charge in [-0.25, -0.2) is 0 Å². The zero-order valence-electron chi connectivity index (χ0n) is 17.0. The molecular weight excluding hydrogens is 312 g/mol. The smallest absolute Gasteiger partial charge is 0.122 e. The second-order valence-corrected chi connectivity index (χ2v) is 10.7. The average molecular weight is 351 g/mol. The zero-order chi connectivity index (χ0) is 18.4. The molecule has 0 atom stereocenters. The topological polar surface area (TPSA) is 20.2 Å². The molecule has 0 unspecified atom stereocenters. The Bertz CT molecular complexity index is 482. The number of aryl methyl sites for hydroxylation is 2. The van der Waals surface area contributed by atoms with Gasteiger partial charge in [0.1, 0.15) is 5.75 Å². The molecule has 0 saturated carbocycles. The molecule has 0 aliphatic rings. The van der Waals surface area contributed by atoms with E-state index in [2.05, 4.69) is 60.6 Å². The van der Waals surface area contributed by atoms with Gasteiger partial charge < -0.3 is 5.11 Å². The molecule has 0 aliphatic heterocycles. The van der Waals surface area contributed by atoms with E-state index in [-0.39, 0.29) is 4.75 Å². The fourth-order valence-corrected chi connectivity index (χ4v) is 5.08. The fraction of sp³-hybridized carbons (Fsp3) is 0.727. The second kappa shape index (κ2) is 9.17. The number of phenols is 1. The molecule has 0 amide bonds. The standard InChI is InChI=1S/C22H38OS/c1-8-10-12-17-14-19(15-18(20(17)23)13-11-9-2)24-22(6,7)16-21(3,4)5/h14-15,23H,8-13,16H2,1-7H3. The maximum atomic E-state index is 10.6. The molecule has 0 saturated heterocycles. The van der Waals surface area contributed by atoms with Gasteiger partial charge in [-0.2, -0.15) is 0 Å². The van der Waals surface area contributed by atoms with Gasteiger partial charge in [-0.1, -0.05) is 61.3 Å². The van der Waals surface area contributed by atoms with E-state index in [0.717, 1.165) is 49.7 Å². The van der Waals surface area contributed by atoms with E-state index in [4.69, 9.17) is 0 Å². The van der Waals surface area contributed by atoms with Gasteiger partial charge in [0.25, 0.3) is 0 Å². The van der Waals surface area contributed by atoms with E-state index in [0.29, 0.717) is 11.2 Å². The highest BCUT2D eigenvalue weighted by Crippen LogP contribution is 2.42. The van der Waals surface area contributed by atoms with Gasteiger partial charge >= 0.3 is 0 Å². The SMILES string of the molecule is CCCCc1cc(SC(C)(C)CC(C)(C)C)cc(CCCC)c1O. The third kappa shape index (κ3) is 7.51. The van der Waals surface area contributed by atoms with Gasteiger partial charge in [0.15, 0.2) is 0 Å². The largest absolute Gasteiger partial charge is 0.507 e. The Morgan fingerprint density at radius 3 is 1.71 bits per heavy atom. The number of thioether (sulfide) groups is 1. The van der Waals surface area contributed by atoms with Crippen molar-refractivity contribution < 1.29 is 5.11 Å². The molecule has 1 rings (SSSR count). The van der Waals surface area contributed by atoms with Crippen LogP contribution >= 0.6 is 11.8 Å². The summed E-state index contributed by atoms with van der Waals surface area (Å²) < 4.78 is 0.194. The molecule has 1 N–H and O–H groups in total. The summed E-state index contributed by atoms with van der Waals surface area (Å²) in [7, 11) is 0. The van der Waals surface area contributed by atoms with Gasteiger partial charge in [0.2, 0.25) is 0 Å². The van der Waals surface area contributed by atoms with Crippen molar-refractivity contribution in [2.24, 2.45) is 5.41 Å². The van der Waals surface area contributed by atoms with Crippen LogP contribution in [0.25, 0.3) is 0 Å². The quantitative estimate of drug-likeness (QED) is 0.469. The first kappa shape index (κ1) is 21.4. The normalized spacial score (nSPS) is 12.6. The van der Waals surface area contributed by atoms with Crippen molar-refractivity contribution in [3.05, 3.63) is 23.3 Å². The highest BCUT2D eigenvalue weighted by atomic mass is 32.2. The number of rotatable bonds is 9. The highest BCUT2D eigenvalue weighted by molar-refractivity contribution is 8.00. The number of aromatic hydroxyl groups is 1. The van der Waals surface area contributed by atoms with Crippen LogP contribution in [0, 0.1) is 5.41 Å². The van der Waals surface area contributed by atoms with E-state index in [9.17, 15) is 5.11 Å². The minimum atomic E-state index is 0.194. The first-order valence-corrected chi connectivity index (χ1v) is 10.4. The summed E-state index contributed by atoms with van der Waals surface area (Å²) in [6.45, 7) is 16.0. The molecule has 0 bridgehead atoms. The summed E-state index contributed by atoms with van der Waals surface area (Å²) in [5, 5.41) is 10.6. The van der Waals surface area contributed by atoms with Crippen LogP contribution in [0.2, 0.25) is 0 Å². The summed E-state index contributed by atoms with van der Waals surface area (Å²) in [5.41, 5.74) is 2.60. The van der Waals surface area contributed by atoms with Crippen LogP contribution in [0.15, 0.2) is 17.0 Å². The summed E-state index contributed by atoms with van der Waals surface area (Å²) >= 11 is 1.97. The predicted molar refractivity (Wildman–Crippen MR) is 109 cm³/mol. The molecule has 0 aromatic heterocycles. The van der Waals surface area contributed by atoms with Crippen LogP contribution in [0.1, 0.15) is 91.7 Å². The van der Waals surface area contributed by atoms with E-state index >= 15 is 0 Å². The van der Waals surface area contributed by atoms with Gasteiger partial charge in [-0.05, 0) is 60.8 Å². The summed E-state index contributed by atoms with van der Waals surface area (Å²) in [4.78, 5) is 1.32. The zero-order valence-corrected chi connectivity index (χ0v) is 17.8.